The molecule has 0 aromatic heterocycles. The summed E-state index contributed by atoms with van der Waals surface area (Å²) >= 11 is 0. The van der Waals surface area contributed by atoms with Crippen molar-refractivity contribution in [2.24, 2.45) is 23.7 Å². The summed E-state index contributed by atoms with van der Waals surface area (Å²) in [5.41, 5.74) is 0.176. The number of carboxylic acid groups (broad SMARTS) is 1. The molecule has 2 heteroatoms. The molecule has 0 atom stereocenters. The van der Waals surface area contributed by atoms with Gasteiger partial charge in [-0.05, 0) is 30.6 Å². The molecule has 0 aliphatic heterocycles. The lowest BCUT2D eigenvalue weighted by Gasteiger charge is -2.35. The van der Waals surface area contributed by atoms with Crippen molar-refractivity contribution in [1.29, 1.82) is 0 Å². The van der Waals surface area contributed by atoms with E-state index >= 15 is 0 Å². The second-order valence-corrected chi connectivity index (χ2v) is 9.26. The van der Waals surface area contributed by atoms with Crippen LogP contribution in [0.1, 0.15) is 110 Å². The van der Waals surface area contributed by atoms with Gasteiger partial charge in [0.2, 0.25) is 0 Å². The van der Waals surface area contributed by atoms with E-state index < -0.39 is 5.97 Å². The maximum Gasteiger partial charge on any atom is 0.330 e. The minimum Gasteiger partial charge on any atom is -0.478 e. The van der Waals surface area contributed by atoms with Gasteiger partial charge in [-0.1, -0.05) is 109 Å². The third-order valence-corrected chi connectivity index (χ3v) is 7.30. The lowest BCUT2D eigenvalue weighted by Crippen LogP contribution is -2.22. The first-order chi connectivity index (χ1) is 12.6. The molecule has 0 aromatic rings. The topological polar surface area (TPSA) is 37.3 Å². The van der Waals surface area contributed by atoms with Gasteiger partial charge in [-0.15, -0.1) is 0 Å². The molecule has 4 aliphatic carbocycles. The molecule has 2 nitrogen and oxygen atoms in total. The monoisotopic (exact) mass is 362 g/mol. The van der Waals surface area contributed by atoms with E-state index in [-0.39, 0.29) is 5.57 Å². The van der Waals surface area contributed by atoms with E-state index in [9.17, 15) is 4.79 Å². The van der Waals surface area contributed by atoms with Gasteiger partial charge < -0.3 is 5.11 Å². The van der Waals surface area contributed by atoms with Crippen LogP contribution in [-0.4, -0.2) is 11.1 Å². The molecule has 0 spiro atoms. The van der Waals surface area contributed by atoms with Crippen molar-refractivity contribution in [1.82, 2.24) is 0 Å². The molecule has 0 saturated heterocycles. The normalized spacial score (nSPS) is 33.1. The van der Waals surface area contributed by atoms with E-state index in [0.717, 1.165) is 23.7 Å². The highest BCUT2D eigenvalue weighted by molar-refractivity contribution is 5.84. The fourth-order valence-corrected chi connectivity index (χ4v) is 5.72. The molecule has 0 heterocycles. The Morgan fingerprint density at radius 2 is 0.769 bits per heavy atom. The van der Waals surface area contributed by atoms with Crippen LogP contribution >= 0.6 is 0 Å². The van der Waals surface area contributed by atoms with E-state index in [2.05, 4.69) is 6.58 Å². The van der Waals surface area contributed by atoms with Crippen LogP contribution < -0.4 is 0 Å². The Kier molecular flexibility index (Phi) is 9.78. The van der Waals surface area contributed by atoms with Crippen LogP contribution in [0.2, 0.25) is 0 Å². The molecule has 4 aliphatic rings. The van der Waals surface area contributed by atoms with Crippen LogP contribution in [0.15, 0.2) is 12.2 Å². The van der Waals surface area contributed by atoms with Crippen molar-refractivity contribution in [2.45, 2.75) is 110 Å². The average molecular weight is 363 g/mol. The van der Waals surface area contributed by atoms with Gasteiger partial charge in [-0.25, -0.2) is 4.79 Å². The van der Waals surface area contributed by atoms with Crippen LogP contribution in [0, 0.1) is 23.7 Å². The van der Waals surface area contributed by atoms with Gasteiger partial charge >= 0.3 is 5.97 Å². The van der Waals surface area contributed by atoms with Gasteiger partial charge in [0.1, 0.15) is 0 Å². The third kappa shape index (κ3) is 7.45. The molecule has 0 amide bonds. The SMILES string of the molecule is C1CCC2CCCCC2C1.C1CCC2CCCCC2C1.C=C(C)C(=O)O. The molecule has 4 saturated carbocycles. The highest BCUT2D eigenvalue weighted by Gasteiger charge is 2.27. The van der Waals surface area contributed by atoms with Crippen molar-refractivity contribution in [3.63, 3.8) is 0 Å². The van der Waals surface area contributed by atoms with Crippen LogP contribution in [0.3, 0.4) is 0 Å². The first kappa shape index (κ1) is 21.5. The molecular formula is C24H42O2. The van der Waals surface area contributed by atoms with Gasteiger partial charge in [0.25, 0.3) is 0 Å². The zero-order valence-electron chi connectivity index (χ0n) is 17.2. The van der Waals surface area contributed by atoms with Crippen LogP contribution in [0.25, 0.3) is 0 Å². The van der Waals surface area contributed by atoms with Gasteiger partial charge in [0.05, 0.1) is 0 Å². The smallest absolute Gasteiger partial charge is 0.330 e. The average Bonchev–Trinajstić information content (AvgIpc) is 2.69. The lowest BCUT2D eigenvalue weighted by atomic mass is 9.71. The zero-order valence-corrected chi connectivity index (χ0v) is 17.2. The summed E-state index contributed by atoms with van der Waals surface area (Å²) in [4.78, 5) is 9.60. The number of hydrogen-bond donors (Lipinski definition) is 1. The fraction of sp³-hybridized carbons (Fsp3) is 0.875. The second kappa shape index (κ2) is 11.8. The second-order valence-electron chi connectivity index (χ2n) is 9.26. The molecule has 4 rings (SSSR count). The van der Waals surface area contributed by atoms with Crippen molar-refractivity contribution in [2.75, 3.05) is 0 Å². The number of carbonyl (C=O) groups is 1. The summed E-state index contributed by atoms with van der Waals surface area (Å²) in [6.07, 6.45) is 24.7. The maximum atomic E-state index is 9.60. The van der Waals surface area contributed by atoms with Crippen LogP contribution in [0.4, 0.5) is 0 Å². The Morgan fingerprint density at radius 1 is 0.615 bits per heavy atom. The van der Waals surface area contributed by atoms with Crippen molar-refractivity contribution in [3.8, 4) is 0 Å². The minimum atomic E-state index is -0.935. The van der Waals surface area contributed by atoms with E-state index in [1.54, 1.807) is 51.4 Å². The molecule has 0 aromatic carbocycles. The quantitative estimate of drug-likeness (QED) is 0.494. The molecule has 0 bridgehead atoms. The maximum absolute atomic E-state index is 9.60. The van der Waals surface area contributed by atoms with Gasteiger partial charge in [-0.3, -0.25) is 0 Å². The fourth-order valence-electron chi connectivity index (χ4n) is 5.72. The summed E-state index contributed by atoms with van der Waals surface area (Å²) in [7, 11) is 0. The predicted octanol–water partition coefficient (Wildman–Crippen LogP) is 7.38. The summed E-state index contributed by atoms with van der Waals surface area (Å²) in [5, 5.41) is 7.89. The molecular weight excluding hydrogens is 320 g/mol. The van der Waals surface area contributed by atoms with E-state index in [0.29, 0.717) is 0 Å². The van der Waals surface area contributed by atoms with Crippen molar-refractivity contribution < 1.29 is 9.90 Å². The molecule has 150 valence electrons. The Morgan fingerprint density at radius 3 is 0.885 bits per heavy atom. The number of rotatable bonds is 1. The van der Waals surface area contributed by atoms with Gasteiger partial charge in [-0.2, -0.15) is 0 Å². The Hall–Kier alpha value is -0.790. The first-order valence-electron chi connectivity index (χ1n) is 11.5. The molecule has 0 unspecified atom stereocenters. The van der Waals surface area contributed by atoms with Gasteiger partial charge in [0, 0.05) is 5.57 Å². The summed E-state index contributed by atoms with van der Waals surface area (Å²) in [5.74, 6) is 3.69. The molecule has 0 radical (unpaired) electrons. The summed E-state index contributed by atoms with van der Waals surface area (Å²) in [6, 6.07) is 0. The minimum absolute atomic E-state index is 0.176. The Balaban J connectivity index is 0.000000146. The summed E-state index contributed by atoms with van der Waals surface area (Å²) in [6.45, 7) is 4.60. The molecule has 26 heavy (non-hydrogen) atoms. The first-order valence-corrected chi connectivity index (χ1v) is 11.5. The van der Waals surface area contributed by atoms with Crippen molar-refractivity contribution >= 4 is 5.97 Å². The van der Waals surface area contributed by atoms with E-state index in [1.807, 2.05) is 0 Å². The standard InChI is InChI=1S/2C10H18.C4H6O2/c2*1-2-6-10-8-4-3-7-9(10)5-1;1-3(2)4(5)6/h2*9-10H,1-8H2;1H2,2H3,(H,5,6). The number of aliphatic carboxylic acids is 1. The number of carboxylic acids is 1. The lowest BCUT2D eigenvalue weighted by molar-refractivity contribution is -0.132. The molecule has 4 fully saturated rings. The highest BCUT2D eigenvalue weighted by Crippen LogP contribution is 2.40. The molecule has 1 N–H and O–H groups in total. The number of hydrogen-bond acceptors (Lipinski definition) is 1. The van der Waals surface area contributed by atoms with E-state index in [1.165, 1.54) is 58.3 Å². The predicted molar refractivity (Wildman–Crippen MR) is 110 cm³/mol. The largest absolute Gasteiger partial charge is 0.478 e. The van der Waals surface area contributed by atoms with Crippen molar-refractivity contribution in [3.05, 3.63) is 12.2 Å². The number of fused-ring (bicyclic) bond motifs is 2. The Labute approximate surface area is 161 Å². The van der Waals surface area contributed by atoms with E-state index in [4.69, 9.17) is 5.11 Å². The highest BCUT2D eigenvalue weighted by atomic mass is 16.4. The summed E-state index contributed by atoms with van der Waals surface area (Å²) < 4.78 is 0. The zero-order chi connectivity index (χ0) is 18.8. The third-order valence-electron chi connectivity index (χ3n) is 7.30. The van der Waals surface area contributed by atoms with Crippen LogP contribution in [-0.2, 0) is 4.79 Å². The Bertz CT molecular complexity index is 336. The van der Waals surface area contributed by atoms with Gasteiger partial charge in [0.15, 0.2) is 0 Å². The van der Waals surface area contributed by atoms with Crippen LogP contribution in [0.5, 0.6) is 0 Å².